The minimum Gasteiger partial charge on any atom is -0.493 e. The molecule has 21 heteroatoms. The number of hydrogen-bond donors (Lipinski definition) is 3. The summed E-state index contributed by atoms with van der Waals surface area (Å²) in [5.41, 5.74) is 6.52. The molecule has 0 bridgehead atoms. The first kappa shape index (κ1) is 63.2. The number of halogens is 2. The van der Waals surface area contributed by atoms with Crippen molar-refractivity contribution in [2.75, 3.05) is 98.9 Å². The van der Waals surface area contributed by atoms with Crippen LogP contribution in [0.15, 0.2) is 81.7 Å². The number of benzene rings is 4. The lowest BCUT2D eigenvalue weighted by molar-refractivity contribution is -0.140. The lowest BCUT2D eigenvalue weighted by Crippen LogP contribution is -2.39. The molecule has 0 radical (unpaired) electrons. The van der Waals surface area contributed by atoms with E-state index in [0.717, 1.165) is 128 Å². The van der Waals surface area contributed by atoms with Crippen molar-refractivity contribution in [1.29, 1.82) is 0 Å². The average molecular weight is 1280 g/mol. The van der Waals surface area contributed by atoms with Gasteiger partial charge >= 0.3 is 5.97 Å². The molecule has 83 heavy (non-hydrogen) atoms. The van der Waals surface area contributed by atoms with Crippen molar-refractivity contribution in [3.8, 4) is 23.0 Å². The minimum absolute atomic E-state index is 0.0296. The summed E-state index contributed by atoms with van der Waals surface area (Å²) in [6.45, 7) is 14.3. The van der Waals surface area contributed by atoms with Crippen molar-refractivity contribution in [2.24, 2.45) is 17.8 Å². The number of hydrogen-bond acceptors (Lipinski definition) is 15. The molecule has 3 N–H and O–H groups in total. The summed E-state index contributed by atoms with van der Waals surface area (Å²) in [4.78, 5) is 67.6. The number of nitrogens with zero attached hydrogens (tertiary/aromatic N) is 3. The molecule has 4 aromatic rings. The smallest absolute Gasteiger partial charge is 0.338 e. The van der Waals surface area contributed by atoms with Gasteiger partial charge in [-0.05, 0) is 126 Å². The van der Waals surface area contributed by atoms with Gasteiger partial charge in [0.25, 0.3) is 5.91 Å². The van der Waals surface area contributed by atoms with E-state index in [0.29, 0.717) is 121 Å². The van der Waals surface area contributed by atoms with Crippen LogP contribution in [0, 0.1) is 17.8 Å². The molecule has 0 aliphatic carbocycles. The first-order valence-corrected chi connectivity index (χ1v) is 30.8. The normalized spacial score (nSPS) is 18.7. The third-order valence-corrected chi connectivity index (χ3v) is 16.3. The molecule has 7 heterocycles. The quantitative estimate of drug-likeness (QED) is 0.0933. The zero-order chi connectivity index (χ0) is 58.3. The molecule has 0 spiro atoms. The number of hydroxylamine groups is 1. The molecule has 0 unspecified atom stereocenters. The molecule has 3 saturated heterocycles. The highest BCUT2D eigenvalue weighted by Gasteiger charge is 2.31. The van der Waals surface area contributed by atoms with Crippen LogP contribution in [0.2, 0.25) is 0 Å². The molecule has 0 saturated carbocycles. The fourth-order valence-corrected chi connectivity index (χ4v) is 11.4. The molecule has 11 rings (SSSR count). The van der Waals surface area contributed by atoms with E-state index in [1.54, 1.807) is 42.7 Å². The van der Waals surface area contributed by atoms with Crippen molar-refractivity contribution >= 4 is 61.5 Å². The fraction of sp³-hybridized carbons (Fsp3) is 0.532. The number of carbonyl (C=O) groups is 5. The van der Waals surface area contributed by atoms with Gasteiger partial charge in [-0.2, -0.15) is 0 Å². The van der Waals surface area contributed by atoms with Crippen molar-refractivity contribution in [3.05, 3.63) is 115 Å². The summed E-state index contributed by atoms with van der Waals surface area (Å²) in [7, 11) is 0. The first-order valence-electron chi connectivity index (χ1n) is 29.2. The van der Waals surface area contributed by atoms with E-state index in [9.17, 15) is 24.0 Å². The number of ether oxygens (including phenoxy) is 8. The average Bonchev–Trinajstić information content (AvgIpc) is 3.64. The van der Waals surface area contributed by atoms with Crippen LogP contribution in [0.3, 0.4) is 0 Å². The number of rotatable bonds is 6. The number of carbonyl (C=O) groups excluding carboxylic acids is 5. The van der Waals surface area contributed by atoms with Gasteiger partial charge in [0.05, 0.1) is 38.6 Å². The summed E-state index contributed by atoms with van der Waals surface area (Å²) in [6, 6.07) is 22.5. The molecular weight excluding hydrogens is 1200 g/mol. The van der Waals surface area contributed by atoms with E-state index in [1.807, 2.05) is 51.1 Å². The van der Waals surface area contributed by atoms with Gasteiger partial charge in [0.2, 0.25) is 17.7 Å². The van der Waals surface area contributed by atoms with Gasteiger partial charge in [-0.1, -0.05) is 56.1 Å². The Balaban J connectivity index is 0.000000148. The van der Waals surface area contributed by atoms with Crippen LogP contribution >= 0.6 is 31.9 Å². The van der Waals surface area contributed by atoms with Crippen LogP contribution in [0.25, 0.3) is 0 Å². The fourth-order valence-electron chi connectivity index (χ4n) is 10.7. The van der Waals surface area contributed by atoms with Crippen molar-refractivity contribution in [3.63, 3.8) is 0 Å². The van der Waals surface area contributed by atoms with Gasteiger partial charge in [-0.15, -0.1) is 0 Å². The summed E-state index contributed by atoms with van der Waals surface area (Å²) in [5.74, 6) is 3.04. The van der Waals surface area contributed by atoms with Crippen molar-refractivity contribution in [1.82, 2.24) is 25.5 Å². The Morgan fingerprint density at radius 3 is 1.33 bits per heavy atom. The highest BCUT2D eigenvalue weighted by Crippen LogP contribution is 2.32. The van der Waals surface area contributed by atoms with E-state index < -0.39 is 5.91 Å². The van der Waals surface area contributed by atoms with Gasteiger partial charge < -0.3 is 57.9 Å². The molecule has 0 aromatic heterocycles. The number of fused-ring (bicyclic) bond motifs is 4. The predicted octanol–water partition coefficient (Wildman–Crippen LogP) is 9.05. The summed E-state index contributed by atoms with van der Waals surface area (Å²) in [6.07, 6.45) is 8.29. The topological polar surface area (TPSA) is 213 Å². The minimum atomic E-state index is -0.585. The lowest BCUT2D eigenvalue weighted by Gasteiger charge is -2.31. The third-order valence-electron chi connectivity index (χ3n) is 15.4. The molecule has 0 atom stereocenters. The Bertz CT molecular complexity index is 2790. The molecule has 4 aromatic carbocycles. The summed E-state index contributed by atoms with van der Waals surface area (Å²) < 4.78 is 46.1. The lowest BCUT2D eigenvalue weighted by atomic mass is 9.98. The number of nitrogens with one attached hydrogen (secondary N) is 2. The molecular formula is C62H79Br2N5O14. The molecule has 3 fully saturated rings. The van der Waals surface area contributed by atoms with Crippen LogP contribution in [0.1, 0.15) is 114 Å². The van der Waals surface area contributed by atoms with E-state index in [2.05, 4.69) is 43.2 Å². The van der Waals surface area contributed by atoms with Crippen LogP contribution in [-0.4, -0.2) is 148 Å². The van der Waals surface area contributed by atoms with Gasteiger partial charge in [0.15, 0.2) is 0 Å². The largest absolute Gasteiger partial charge is 0.493 e. The highest BCUT2D eigenvalue weighted by molar-refractivity contribution is 9.10. The van der Waals surface area contributed by atoms with Gasteiger partial charge in [-0.25, -0.2) is 10.3 Å². The van der Waals surface area contributed by atoms with Crippen LogP contribution in [-0.2, 0) is 59.5 Å². The number of amides is 4. The van der Waals surface area contributed by atoms with Gasteiger partial charge in [0, 0.05) is 140 Å². The second-order valence-electron chi connectivity index (χ2n) is 21.2. The highest BCUT2D eigenvalue weighted by atomic mass is 79.9. The Morgan fingerprint density at radius 2 is 0.892 bits per heavy atom. The predicted molar refractivity (Wildman–Crippen MR) is 315 cm³/mol. The van der Waals surface area contributed by atoms with Crippen LogP contribution in [0.5, 0.6) is 23.0 Å². The zero-order valence-corrected chi connectivity index (χ0v) is 50.7. The maximum Gasteiger partial charge on any atom is 0.338 e. The van der Waals surface area contributed by atoms with Crippen molar-refractivity contribution < 1.29 is 67.1 Å². The Labute approximate surface area is 503 Å². The molecule has 4 amide bonds. The van der Waals surface area contributed by atoms with Crippen molar-refractivity contribution in [2.45, 2.75) is 97.3 Å². The summed E-state index contributed by atoms with van der Waals surface area (Å²) in [5, 5.41) is 12.1. The standard InChI is InChI=1S/C19H25NO5.C17H22N2O5.C16H20BrNO3.C10H12BrNO/c1-2-24-19(22)15-4-5-16-13-20(8-3-9-25-17(16)12-15)18(21)14-6-10-23-11-7-14;20-16(18-22)13-2-3-14-11-19(6-1-7-24-15(14)10-13)17(21)12-4-8-23-9-5-12;17-14-3-2-13-11-18(6-1-7-21-15(13)10-14)16(19)12-4-8-20-9-5-12;11-9-3-2-8-7-12-4-1-5-13-10(8)6-9/h4-5,12,14H,2-3,6-11,13H2,1H3;2-3,10,12,22H,1,4-9,11H2,(H,18,20);2-3,10,12H,1,4-9,11H2;2-3,6,12H,1,4-5,7H2. The SMILES string of the molecule is Brc1ccc2c(c1)OCCCNC2.CCOC(=O)c1ccc2c(c1)OCCCN(C(=O)C1CCOCC1)C2.O=C(C1CCOCC1)N1CCCOc2cc(Br)ccc2C1.O=C(NO)c1ccc2c(c1)OCCCN(C(=O)C1CCOCC1)C2. The van der Waals surface area contributed by atoms with Gasteiger partial charge in [0.1, 0.15) is 23.0 Å². The molecule has 7 aliphatic rings. The Morgan fingerprint density at radius 1 is 0.518 bits per heavy atom. The Hall–Kier alpha value is -5.81. The van der Waals surface area contributed by atoms with E-state index in [1.165, 1.54) is 5.56 Å². The van der Waals surface area contributed by atoms with Gasteiger partial charge in [-0.3, -0.25) is 24.4 Å². The second kappa shape index (κ2) is 33.0. The van der Waals surface area contributed by atoms with E-state index in [4.69, 9.17) is 43.1 Å². The molecule has 7 aliphatic heterocycles. The van der Waals surface area contributed by atoms with Crippen LogP contribution < -0.4 is 29.7 Å². The summed E-state index contributed by atoms with van der Waals surface area (Å²) >= 11 is 6.90. The monoisotopic (exact) mass is 1280 g/mol. The number of esters is 1. The zero-order valence-electron chi connectivity index (χ0n) is 47.5. The van der Waals surface area contributed by atoms with E-state index >= 15 is 0 Å². The third kappa shape index (κ3) is 18.8. The van der Waals surface area contributed by atoms with Crippen LogP contribution in [0.4, 0.5) is 0 Å². The molecule has 19 nitrogen and oxygen atoms in total. The maximum absolute atomic E-state index is 12.8. The Kier molecular flexibility index (Phi) is 25.2. The molecule has 450 valence electrons. The van der Waals surface area contributed by atoms with E-state index in [-0.39, 0.29) is 41.4 Å². The second-order valence-corrected chi connectivity index (χ2v) is 23.1. The first-order chi connectivity index (χ1) is 40.5. The maximum atomic E-state index is 12.8.